The minimum Gasteiger partial charge on any atom is -0.395 e. The van der Waals surface area contributed by atoms with E-state index in [4.69, 9.17) is 9.47 Å². The normalized spacial score (nSPS) is 32.2. The molecule has 2 fully saturated rings. The molecule has 3 unspecified atom stereocenters. The van der Waals surface area contributed by atoms with E-state index in [-0.39, 0.29) is 24.2 Å². The molecule has 0 bridgehead atoms. The highest BCUT2D eigenvalue weighted by Gasteiger charge is 2.46. The van der Waals surface area contributed by atoms with Crippen LogP contribution in [0.4, 0.5) is 0 Å². The van der Waals surface area contributed by atoms with Gasteiger partial charge in [0.15, 0.2) is 0 Å². The predicted octanol–water partition coefficient (Wildman–Crippen LogP) is -0.533. The fourth-order valence-electron chi connectivity index (χ4n) is 2.63. The molecule has 0 spiro atoms. The van der Waals surface area contributed by atoms with E-state index in [2.05, 4.69) is 10.3 Å². The zero-order valence-corrected chi connectivity index (χ0v) is 11.6. The van der Waals surface area contributed by atoms with Crippen molar-refractivity contribution in [1.29, 1.82) is 0 Å². The topological polar surface area (TPSA) is 89.6 Å². The third-order valence-electron chi connectivity index (χ3n) is 4.37. The van der Waals surface area contributed by atoms with Crippen molar-refractivity contribution in [3.8, 4) is 0 Å². The first-order valence-electron chi connectivity index (χ1n) is 7.01. The molecule has 1 aromatic rings. The summed E-state index contributed by atoms with van der Waals surface area (Å²) in [7, 11) is 1.62. The average molecular weight is 283 g/mol. The molecule has 20 heavy (non-hydrogen) atoms. The fourth-order valence-corrected chi connectivity index (χ4v) is 2.63. The standard InChI is InChI=1S/C13H21N3O4/c1-19-9-4-10(18)11(20-7-9)5-16-6-12(14-15-16)13(8-17)2-3-13/h6,9-11,17-18H,2-5,7-8H2,1H3. The van der Waals surface area contributed by atoms with Crippen molar-refractivity contribution >= 4 is 0 Å². The van der Waals surface area contributed by atoms with Gasteiger partial charge in [0, 0.05) is 25.1 Å². The van der Waals surface area contributed by atoms with Gasteiger partial charge in [-0.1, -0.05) is 5.21 Å². The second kappa shape index (κ2) is 5.40. The van der Waals surface area contributed by atoms with Gasteiger partial charge in [-0.15, -0.1) is 5.10 Å². The molecule has 0 aromatic carbocycles. The maximum atomic E-state index is 10.1. The number of hydrogen-bond donors (Lipinski definition) is 2. The van der Waals surface area contributed by atoms with E-state index in [9.17, 15) is 10.2 Å². The highest BCUT2D eigenvalue weighted by atomic mass is 16.5. The van der Waals surface area contributed by atoms with Gasteiger partial charge in [-0.3, -0.25) is 0 Å². The number of ether oxygens (including phenoxy) is 2. The molecule has 2 N–H and O–H groups in total. The maximum absolute atomic E-state index is 10.1. The summed E-state index contributed by atoms with van der Waals surface area (Å²) in [5.74, 6) is 0. The second-order valence-corrected chi connectivity index (χ2v) is 5.80. The lowest BCUT2D eigenvalue weighted by molar-refractivity contribution is -0.137. The van der Waals surface area contributed by atoms with Crippen molar-refractivity contribution in [3.63, 3.8) is 0 Å². The van der Waals surface area contributed by atoms with Crippen LogP contribution in [0, 0.1) is 0 Å². The molecule has 0 amide bonds. The summed E-state index contributed by atoms with van der Waals surface area (Å²) in [6.07, 6.45) is 3.44. The number of aliphatic hydroxyl groups excluding tert-OH is 2. The molecule has 2 heterocycles. The highest BCUT2D eigenvalue weighted by molar-refractivity contribution is 5.21. The summed E-state index contributed by atoms with van der Waals surface area (Å²) in [6, 6.07) is 0. The van der Waals surface area contributed by atoms with E-state index < -0.39 is 6.10 Å². The van der Waals surface area contributed by atoms with Crippen molar-refractivity contribution < 1.29 is 19.7 Å². The molecular formula is C13H21N3O4. The third-order valence-corrected chi connectivity index (χ3v) is 4.37. The molecule has 7 heteroatoms. The summed E-state index contributed by atoms with van der Waals surface area (Å²) in [5, 5.41) is 27.6. The Bertz CT molecular complexity index is 460. The minimum atomic E-state index is -0.561. The molecule has 2 aliphatic rings. The Morgan fingerprint density at radius 2 is 2.35 bits per heavy atom. The van der Waals surface area contributed by atoms with Gasteiger partial charge < -0.3 is 19.7 Å². The smallest absolute Gasteiger partial charge is 0.103 e. The Balaban J connectivity index is 1.61. The first-order chi connectivity index (χ1) is 9.66. The number of aliphatic hydroxyl groups is 2. The van der Waals surface area contributed by atoms with Crippen LogP contribution in [-0.4, -0.2) is 63.8 Å². The lowest BCUT2D eigenvalue weighted by Crippen LogP contribution is -2.44. The van der Waals surface area contributed by atoms with Crippen LogP contribution in [0.1, 0.15) is 25.0 Å². The highest BCUT2D eigenvalue weighted by Crippen LogP contribution is 2.46. The van der Waals surface area contributed by atoms with E-state index in [1.165, 1.54) is 0 Å². The van der Waals surface area contributed by atoms with Gasteiger partial charge in [0.1, 0.15) is 6.10 Å². The van der Waals surface area contributed by atoms with Crippen molar-refractivity contribution in [3.05, 3.63) is 11.9 Å². The van der Waals surface area contributed by atoms with E-state index in [0.29, 0.717) is 19.6 Å². The van der Waals surface area contributed by atoms with Crippen LogP contribution in [0.5, 0.6) is 0 Å². The van der Waals surface area contributed by atoms with Gasteiger partial charge >= 0.3 is 0 Å². The van der Waals surface area contributed by atoms with Gasteiger partial charge in [0.05, 0.1) is 37.7 Å². The maximum Gasteiger partial charge on any atom is 0.103 e. The van der Waals surface area contributed by atoms with Gasteiger partial charge in [0.2, 0.25) is 0 Å². The molecule has 1 aliphatic heterocycles. The summed E-state index contributed by atoms with van der Waals surface area (Å²) in [5.41, 5.74) is 0.658. The number of hydrogen-bond acceptors (Lipinski definition) is 6. The van der Waals surface area contributed by atoms with Crippen molar-refractivity contribution in [1.82, 2.24) is 15.0 Å². The van der Waals surface area contributed by atoms with Gasteiger partial charge in [-0.2, -0.15) is 0 Å². The van der Waals surface area contributed by atoms with Crippen LogP contribution in [0.2, 0.25) is 0 Å². The minimum absolute atomic E-state index is 0.0447. The van der Waals surface area contributed by atoms with E-state index in [1.54, 1.807) is 11.8 Å². The van der Waals surface area contributed by atoms with Crippen molar-refractivity contribution in [2.24, 2.45) is 0 Å². The fraction of sp³-hybridized carbons (Fsp3) is 0.846. The van der Waals surface area contributed by atoms with Crippen LogP contribution in [0.15, 0.2) is 6.20 Å². The molecule has 0 radical (unpaired) electrons. The molecular weight excluding hydrogens is 262 g/mol. The average Bonchev–Trinajstić information content (AvgIpc) is 3.13. The van der Waals surface area contributed by atoms with Gasteiger partial charge in [-0.05, 0) is 12.8 Å². The number of nitrogens with zero attached hydrogens (tertiary/aromatic N) is 3. The largest absolute Gasteiger partial charge is 0.395 e. The Morgan fingerprint density at radius 3 is 2.95 bits per heavy atom. The molecule has 1 aliphatic carbocycles. The first kappa shape index (κ1) is 13.9. The Hall–Kier alpha value is -1.02. The molecule has 1 saturated heterocycles. The first-order valence-corrected chi connectivity index (χ1v) is 7.01. The molecule has 112 valence electrons. The van der Waals surface area contributed by atoms with Crippen LogP contribution in [0.25, 0.3) is 0 Å². The van der Waals surface area contributed by atoms with Gasteiger partial charge in [-0.25, -0.2) is 4.68 Å². The lowest BCUT2D eigenvalue weighted by atomic mass is 10.0. The van der Waals surface area contributed by atoms with Crippen LogP contribution in [0.3, 0.4) is 0 Å². The monoisotopic (exact) mass is 283 g/mol. The number of methoxy groups -OCH3 is 1. The summed E-state index contributed by atoms with van der Waals surface area (Å²) >= 11 is 0. The van der Waals surface area contributed by atoms with Crippen LogP contribution in [-0.2, 0) is 21.4 Å². The van der Waals surface area contributed by atoms with Crippen molar-refractivity contribution in [2.75, 3.05) is 20.3 Å². The molecule has 7 nitrogen and oxygen atoms in total. The zero-order chi connectivity index (χ0) is 14.2. The Morgan fingerprint density at radius 1 is 1.55 bits per heavy atom. The van der Waals surface area contributed by atoms with Crippen LogP contribution < -0.4 is 0 Å². The van der Waals surface area contributed by atoms with E-state index >= 15 is 0 Å². The second-order valence-electron chi connectivity index (χ2n) is 5.80. The van der Waals surface area contributed by atoms with Crippen LogP contribution >= 0.6 is 0 Å². The quantitative estimate of drug-likeness (QED) is 0.755. The number of rotatable bonds is 5. The molecule has 1 saturated carbocycles. The van der Waals surface area contributed by atoms with E-state index in [0.717, 1.165) is 18.5 Å². The third kappa shape index (κ3) is 2.58. The summed E-state index contributed by atoms with van der Waals surface area (Å²) < 4.78 is 12.5. The Labute approximate surface area is 117 Å². The number of aromatic nitrogens is 3. The predicted molar refractivity (Wildman–Crippen MR) is 69.2 cm³/mol. The van der Waals surface area contributed by atoms with Crippen molar-refractivity contribution in [2.45, 2.75) is 49.5 Å². The van der Waals surface area contributed by atoms with E-state index in [1.807, 2.05) is 6.20 Å². The Kier molecular flexibility index (Phi) is 3.76. The lowest BCUT2D eigenvalue weighted by Gasteiger charge is -2.32. The van der Waals surface area contributed by atoms with Gasteiger partial charge in [0.25, 0.3) is 0 Å². The summed E-state index contributed by atoms with van der Waals surface area (Å²) in [6.45, 7) is 1.07. The molecule has 3 rings (SSSR count). The summed E-state index contributed by atoms with van der Waals surface area (Å²) in [4.78, 5) is 0. The molecule has 3 atom stereocenters. The molecule has 1 aromatic heterocycles. The zero-order valence-electron chi connectivity index (χ0n) is 11.6. The SMILES string of the molecule is COC1COC(Cn2cc(C3(CO)CC3)nn2)C(O)C1.